The van der Waals surface area contributed by atoms with Crippen LogP contribution in [0.4, 0.5) is 0 Å². The van der Waals surface area contributed by atoms with Gasteiger partial charge >= 0.3 is 0 Å². The Morgan fingerprint density at radius 1 is 1.21 bits per heavy atom. The van der Waals surface area contributed by atoms with Gasteiger partial charge in [0.15, 0.2) is 5.96 Å². The first-order valence-corrected chi connectivity index (χ1v) is 11.2. The lowest BCUT2D eigenvalue weighted by Gasteiger charge is -2.20. The molecule has 0 aliphatic heterocycles. The number of carbonyl (C=O) groups excluding carboxylic acids is 1. The molecule has 1 saturated carbocycles. The largest absolute Gasteiger partial charge is 0.357 e. The summed E-state index contributed by atoms with van der Waals surface area (Å²) in [5, 5.41) is 12.7. The van der Waals surface area contributed by atoms with Crippen LogP contribution >= 0.6 is 35.3 Å². The van der Waals surface area contributed by atoms with Gasteiger partial charge in [0.05, 0.1) is 12.2 Å². The fourth-order valence-corrected chi connectivity index (χ4v) is 4.14. The number of carbonyl (C=O) groups is 1. The number of guanidine groups is 1. The third-order valence-corrected chi connectivity index (χ3v) is 5.67. The van der Waals surface area contributed by atoms with Crippen molar-refractivity contribution in [1.29, 1.82) is 0 Å². The minimum absolute atomic E-state index is 0. The molecule has 0 radical (unpaired) electrons. The predicted molar refractivity (Wildman–Crippen MR) is 129 cm³/mol. The van der Waals surface area contributed by atoms with Gasteiger partial charge in [0.1, 0.15) is 5.01 Å². The molecular formula is C20H36IN5OS. The summed E-state index contributed by atoms with van der Waals surface area (Å²) in [6, 6.07) is 0. The van der Waals surface area contributed by atoms with Gasteiger partial charge in [-0.05, 0) is 31.6 Å². The summed E-state index contributed by atoms with van der Waals surface area (Å²) in [4.78, 5) is 21.3. The molecular weight excluding hydrogens is 485 g/mol. The van der Waals surface area contributed by atoms with Crippen molar-refractivity contribution in [3.8, 4) is 0 Å². The summed E-state index contributed by atoms with van der Waals surface area (Å²) in [7, 11) is 0. The molecule has 0 unspecified atom stereocenters. The molecule has 0 spiro atoms. The van der Waals surface area contributed by atoms with Crippen molar-refractivity contribution in [2.45, 2.75) is 71.8 Å². The highest BCUT2D eigenvalue weighted by Gasteiger charge is 2.16. The van der Waals surface area contributed by atoms with Crippen molar-refractivity contribution in [3.05, 3.63) is 16.1 Å². The molecule has 1 aromatic rings. The summed E-state index contributed by atoms with van der Waals surface area (Å²) in [5.41, 5.74) is 1.13. The van der Waals surface area contributed by atoms with Crippen molar-refractivity contribution in [2.75, 3.05) is 19.6 Å². The van der Waals surface area contributed by atoms with E-state index in [1.165, 1.54) is 32.1 Å². The van der Waals surface area contributed by atoms with Crippen LogP contribution in [0.15, 0.2) is 10.4 Å². The Kier molecular flexibility index (Phi) is 12.7. The Morgan fingerprint density at radius 2 is 1.93 bits per heavy atom. The molecule has 1 amide bonds. The first-order chi connectivity index (χ1) is 13.1. The molecule has 28 heavy (non-hydrogen) atoms. The Hall–Kier alpha value is -0.900. The van der Waals surface area contributed by atoms with Crippen molar-refractivity contribution >= 4 is 47.2 Å². The van der Waals surface area contributed by atoms with Crippen LogP contribution in [0, 0.1) is 5.92 Å². The molecule has 1 aliphatic rings. The van der Waals surface area contributed by atoms with E-state index in [2.05, 4.69) is 45.2 Å². The van der Waals surface area contributed by atoms with E-state index in [1.807, 2.05) is 6.92 Å². The van der Waals surface area contributed by atoms with Crippen LogP contribution in [-0.4, -0.2) is 36.5 Å². The van der Waals surface area contributed by atoms with Crippen LogP contribution in [-0.2, 0) is 11.3 Å². The number of hydrogen-bond acceptors (Lipinski definition) is 4. The normalized spacial score (nSPS) is 15.2. The summed E-state index contributed by atoms with van der Waals surface area (Å²) in [6.07, 6.45) is 6.97. The standard InChI is InChI=1S/C20H35N5OS.HI/c1-4-21-20(24-13-19-25-17(14-27-19)15(2)3)23-11-10-22-18(26)12-16-8-6-5-7-9-16;/h14-16H,4-13H2,1-3H3,(H,22,26)(H2,21,23,24);1H. The van der Waals surface area contributed by atoms with E-state index < -0.39 is 0 Å². The van der Waals surface area contributed by atoms with Crippen LogP contribution in [0.1, 0.15) is 75.9 Å². The highest BCUT2D eigenvalue weighted by Crippen LogP contribution is 2.26. The average Bonchev–Trinajstić information content (AvgIpc) is 3.13. The van der Waals surface area contributed by atoms with Gasteiger partial charge in [0.2, 0.25) is 5.91 Å². The first-order valence-electron chi connectivity index (χ1n) is 10.3. The van der Waals surface area contributed by atoms with Gasteiger partial charge in [-0.3, -0.25) is 4.79 Å². The van der Waals surface area contributed by atoms with Gasteiger partial charge in [-0.1, -0.05) is 33.1 Å². The quantitative estimate of drug-likeness (QED) is 0.199. The molecule has 1 aliphatic carbocycles. The molecule has 0 atom stereocenters. The Morgan fingerprint density at radius 3 is 2.57 bits per heavy atom. The summed E-state index contributed by atoms with van der Waals surface area (Å²) in [6.45, 7) is 8.99. The van der Waals surface area contributed by atoms with E-state index in [-0.39, 0.29) is 29.9 Å². The number of nitrogens with zero attached hydrogens (tertiary/aromatic N) is 2. The molecule has 2 rings (SSSR count). The predicted octanol–water partition coefficient (Wildman–Crippen LogP) is 4.03. The van der Waals surface area contributed by atoms with E-state index >= 15 is 0 Å². The lowest BCUT2D eigenvalue weighted by molar-refractivity contribution is -0.122. The molecule has 1 fully saturated rings. The number of thiazole rings is 1. The fourth-order valence-electron chi connectivity index (χ4n) is 3.26. The first kappa shape index (κ1) is 25.1. The summed E-state index contributed by atoms with van der Waals surface area (Å²) >= 11 is 1.66. The number of aliphatic imine (C=N–C) groups is 1. The van der Waals surface area contributed by atoms with Crippen LogP contribution < -0.4 is 16.0 Å². The van der Waals surface area contributed by atoms with Crippen LogP contribution in [0.3, 0.4) is 0 Å². The minimum atomic E-state index is 0. The van der Waals surface area contributed by atoms with Gasteiger partial charge < -0.3 is 16.0 Å². The average molecular weight is 522 g/mol. The number of halogens is 1. The number of rotatable bonds is 9. The van der Waals surface area contributed by atoms with Crippen molar-refractivity contribution in [2.24, 2.45) is 10.9 Å². The minimum Gasteiger partial charge on any atom is -0.357 e. The van der Waals surface area contributed by atoms with E-state index in [4.69, 9.17) is 0 Å². The highest BCUT2D eigenvalue weighted by atomic mass is 127. The lowest BCUT2D eigenvalue weighted by atomic mass is 9.87. The van der Waals surface area contributed by atoms with Gasteiger partial charge in [-0.15, -0.1) is 35.3 Å². The van der Waals surface area contributed by atoms with Crippen LogP contribution in [0.25, 0.3) is 0 Å². The molecule has 1 heterocycles. The van der Waals surface area contributed by atoms with Crippen molar-refractivity contribution in [3.63, 3.8) is 0 Å². The molecule has 3 N–H and O–H groups in total. The number of hydrogen-bond donors (Lipinski definition) is 3. The second-order valence-electron chi connectivity index (χ2n) is 7.50. The Labute approximate surface area is 190 Å². The molecule has 0 bridgehead atoms. The van der Waals surface area contributed by atoms with Gasteiger partial charge in [-0.2, -0.15) is 0 Å². The monoisotopic (exact) mass is 521 g/mol. The third-order valence-electron chi connectivity index (χ3n) is 4.82. The molecule has 8 heteroatoms. The SMILES string of the molecule is CCNC(=NCc1nc(C(C)C)cs1)NCCNC(=O)CC1CCCCC1.I. The number of aromatic nitrogens is 1. The van der Waals surface area contributed by atoms with E-state index in [0.29, 0.717) is 37.9 Å². The maximum Gasteiger partial charge on any atom is 0.220 e. The Bertz CT molecular complexity index is 599. The molecule has 0 saturated heterocycles. The van der Waals surface area contributed by atoms with Gasteiger partial charge in [0, 0.05) is 31.4 Å². The number of amides is 1. The maximum atomic E-state index is 12.1. The van der Waals surface area contributed by atoms with Crippen molar-refractivity contribution < 1.29 is 4.79 Å². The zero-order valence-electron chi connectivity index (χ0n) is 17.4. The molecule has 1 aromatic heterocycles. The zero-order valence-corrected chi connectivity index (χ0v) is 20.6. The van der Waals surface area contributed by atoms with E-state index in [0.717, 1.165) is 23.2 Å². The van der Waals surface area contributed by atoms with E-state index in [9.17, 15) is 4.79 Å². The molecule has 0 aromatic carbocycles. The fraction of sp³-hybridized carbons (Fsp3) is 0.750. The second-order valence-corrected chi connectivity index (χ2v) is 8.44. The molecule has 160 valence electrons. The lowest BCUT2D eigenvalue weighted by Crippen LogP contribution is -2.41. The highest BCUT2D eigenvalue weighted by molar-refractivity contribution is 14.0. The topological polar surface area (TPSA) is 78.4 Å². The Balaban J connectivity index is 0.00000392. The van der Waals surface area contributed by atoms with Gasteiger partial charge in [-0.25, -0.2) is 9.98 Å². The smallest absolute Gasteiger partial charge is 0.220 e. The summed E-state index contributed by atoms with van der Waals surface area (Å²) < 4.78 is 0. The summed E-state index contributed by atoms with van der Waals surface area (Å²) in [5.74, 6) is 1.97. The van der Waals surface area contributed by atoms with Crippen LogP contribution in [0.5, 0.6) is 0 Å². The second kappa shape index (κ2) is 14.1. The molecule has 6 nitrogen and oxygen atoms in total. The van der Waals surface area contributed by atoms with Crippen LogP contribution in [0.2, 0.25) is 0 Å². The maximum absolute atomic E-state index is 12.1. The zero-order chi connectivity index (χ0) is 19.5. The third kappa shape index (κ3) is 9.54. The number of nitrogens with one attached hydrogen (secondary N) is 3. The van der Waals surface area contributed by atoms with Gasteiger partial charge in [0.25, 0.3) is 0 Å². The van der Waals surface area contributed by atoms with Crippen molar-refractivity contribution in [1.82, 2.24) is 20.9 Å². The van der Waals surface area contributed by atoms with E-state index in [1.54, 1.807) is 11.3 Å².